The smallest absolute Gasteiger partial charge is 0.314 e. The lowest BCUT2D eigenvalue weighted by atomic mass is 10.4. The van der Waals surface area contributed by atoms with Gasteiger partial charge in [0.25, 0.3) is 0 Å². The van der Waals surface area contributed by atoms with E-state index in [1.807, 2.05) is 0 Å². The molecule has 0 spiro atoms. The summed E-state index contributed by atoms with van der Waals surface area (Å²) in [6, 6.07) is 0.677. The van der Waals surface area contributed by atoms with E-state index in [0.29, 0.717) is 12.6 Å². The van der Waals surface area contributed by atoms with Crippen molar-refractivity contribution in [3.63, 3.8) is 0 Å². The lowest BCUT2D eigenvalue weighted by Crippen LogP contribution is -2.28. The van der Waals surface area contributed by atoms with Crippen LogP contribution in [0.25, 0.3) is 0 Å². The predicted molar refractivity (Wildman–Crippen MR) is 51.3 cm³/mol. The van der Waals surface area contributed by atoms with E-state index < -0.39 is 0 Å². The van der Waals surface area contributed by atoms with E-state index in [1.54, 1.807) is 0 Å². The Balaban J connectivity index is 1.79. The third-order valence-electron chi connectivity index (χ3n) is 2.34. The van der Waals surface area contributed by atoms with E-state index in [0.717, 1.165) is 13.0 Å². The fourth-order valence-corrected chi connectivity index (χ4v) is 1.37. The zero-order valence-electron chi connectivity index (χ0n) is 7.88. The molecule has 1 aliphatic rings. The molecule has 1 fully saturated rings. The minimum absolute atomic E-state index is 0.360. The molecule has 1 aromatic rings. The van der Waals surface area contributed by atoms with Crippen LogP contribution in [0.3, 0.4) is 0 Å². The first-order valence-corrected chi connectivity index (χ1v) is 4.88. The average Bonchev–Trinajstić information content (AvgIpc) is 2.93. The lowest BCUT2D eigenvalue weighted by molar-refractivity contribution is 0.560. The highest BCUT2D eigenvalue weighted by molar-refractivity contribution is 4.80. The van der Waals surface area contributed by atoms with Gasteiger partial charge in [0, 0.05) is 12.6 Å². The molecule has 14 heavy (non-hydrogen) atoms. The van der Waals surface area contributed by atoms with E-state index in [1.165, 1.54) is 17.4 Å². The van der Waals surface area contributed by atoms with Crippen molar-refractivity contribution in [3.05, 3.63) is 21.0 Å². The molecule has 0 unspecified atom stereocenters. The summed E-state index contributed by atoms with van der Waals surface area (Å²) in [5, 5.41) is 7.82. The summed E-state index contributed by atoms with van der Waals surface area (Å²) < 4.78 is 1.18. The van der Waals surface area contributed by atoms with Crippen LogP contribution in [0.4, 0.5) is 0 Å². The molecule has 1 aliphatic carbocycles. The van der Waals surface area contributed by atoms with Gasteiger partial charge in [-0.05, 0) is 25.8 Å². The first-order valence-electron chi connectivity index (χ1n) is 4.88. The number of aromatic nitrogens is 3. The molecule has 78 valence electrons. The van der Waals surface area contributed by atoms with Gasteiger partial charge in [-0.3, -0.25) is 0 Å². The summed E-state index contributed by atoms with van der Waals surface area (Å²) in [6.45, 7) is 1.33. The van der Waals surface area contributed by atoms with Gasteiger partial charge in [-0.25, -0.2) is 24.4 Å². The van der Waals surface area contributed by atoms with Gasteiger partial charge in [-0.15, -0.1) is 0 Å². The molecule has 0 atom stereocenters. The third kappa shape index (κ3) is 2.14. The van der Waals surface area contributed by atoms with Gasteiger partial charge in [0.15, 0.2) is 0 Å². The highest BCUT2D eigenvalue weighted by atomic mass is 16.2. The molecule has 1 aromatic heterocycles. The van der Waals surface area contributed by atoms with Gasteiger partial charge in [-0.2, -0.15) is 0 Å². The second-order valence-corrected chi connectivity index (χ2v) is 3.59. The number of hydrogen-bond donors (Lipinski definition) is 3. The molecular weight excluding hydrogens is 184 g/mol. The monoisotopic (exact) mass is 198 g/mol. The molecular formula is C8H14N4O2. The molecule has 0 aliphatic heterocycles. The molecule has 1 heterocycles. The quantitative estimate of drug-likeness (QED) is 0.531. The average molecular weight is 198 g/mol. The first kappa shape index (κ1) is 9.26. The number of hydrogen-bond acceptors (Lipinski definition) is 3. The molecule has 0 bridgehead atoms. The normalized spacial score (nSPS) is 16.0. The largest absolute Gasteiger partial charge is 0.344 e. The molecule has 0 amide bonds. The summed E-state index contributed by atoms with van der Waals surface area (Å²) in [7, 11) is 0. The molecule has 6 nitrogen and oxygen atoms in total. The maximum atomic E-state index is 11.0. The molecule has 0 radical (unpaired) electrons. The van der Waals surface area contributed by atoms with Crippen molar-refractivity contribution in [1.29, 1.82) is 0 Å². The summed E-state index contributed by atoms with van der Waals surface area (Å²) in [6.07, 6.45) is 3.31. The molecule has 6 heteroatoms. The van der Waals surface area contributed by atoms with E-state index in [2.05, 4.69) is 15.5 Å². The van der Waals surface area contributed by atoms with Crippen molar-refractivity contribution in [3.8, 4) is 0 Å². The van der Waals surface area contributed by atoms with Crippen molar-refractivity contribution in [1.82, 2.24) is 20.1 Å². The van der Waals surface area contributed by atoms with Gasteiger partial charge >= 0.3 is 11.4 Å². The van der Waals surface area contributed by atoms with Crippen LogP contribution >= 0.6 is 0 Å². The standard InChI is InChI=1S/C8H14N4O2/c13-7-10-11-8(14)12(7)5-1-4-9-6-2-3-6/h6,9H,1-5H2,(H,10,13)(H,11,14). The molecule has 3 N–H and O–H groups in total. The van der Waals surface area contributed by atoms with Crippen molar-refractivity contribution in [2.45, 2.75) is 31.8 Å². The van der Waals surface area contributed by atoms with E-state index in [-0.39, 0.29) is 11.4 Å². The Labute approximate surface area is 80.3 Å². The lowest BCUT2D eigenvalue weighted by Gasteiger charge is -2.01. The van der Waals surface area contributed by atoms with Gasteiger partial charge in [0.05, 0.1) is 0 Å². The Kier molecular flexibility index (Phi) is 2.53. The zero-order chi connectivity index (χ0) is 9.97. The van der Waals surface area contributed by atoms with Crippen LogP contribution in [0, 0.1) is 0 Å². The third-order valence-corrected chi connectivity index (χ3v) is 2.34. The summed E-state index contributed by atoms with van der Waals surface area (Å²) in [5.41, 5.74) is -0.720. The van der Waals surface area contributed by atoms with Crippen LogP contribution in [0.1, 0.15) is 19.3 Å². The SMILES string of the molecule is O=c1[nH][nH]c(=O)n1CCCNC1CC1. The van der Waals surface area contributed by atoms with Crippen molar-refractivity contribution >= 4 is 0 Å². The minimum Gasteiger partial charge on any atom is -0.314 e. The Hall–Kier alpha value is -1.30. The van der Waals surface area contributed by atoms with Gasteiger partial charge in [0.1, 0.15) is 0 Å². The second kappa shape index (κ2) is 3.83. The van der Waals surface area contributed by atoms with Gasteiger partial charge in [0.2, 0.25) is 0 Å². The van der Waals surface area contributed by atoms with Gasteiger partial charge in [-0.1, -0.05) is 0 Å². The molecule has 0 saturated heterocycles. The van der Waals surface area contributed by atoms with Crippen LogP contribution in [-0.4, -0.2) is 27.4 Å². The number of nitrogens with zero attached hydrogens (tertiary/aromatic N) is 1. The van der Waals surface area contributed by atoms with E-state index >= 15 is 0 Å². The van der Waals surface area contributed by atoms with Crippen LogP contribution in [-0.2, 0) is 6.54 Å². The predicted octanol–water partition coefficient (Wildman–Crippen LogP) is -0.993. The number of aromatic amines is 2. The second-order valence-electron chi connectivity index (χ2n) is 3.59. The maximum Gasteiger partial charge on any atom is 0.344 e. The summed E-state index contributed by atoms with van der Waals surface area (Å²) in [5.74, 6) is 0. The first-order chi connectivity index (χ1) is 6.77. The Bertz CT molecular complexity index is 370. The highest BCUT2D eigenvalue weighted by Gasteiger charge is 2.19. The molecule has 1 saturated carbocycles. The Morgan fingerprint density at radius 3 is 2.50 bits per heavy atom. The fourth-order valence-electron chi connectivity index (χ4n) is 1.37. The number of nitrogens with one attached hydrogen (secondary N) is 3. The summed E-state index contributed by atoms with van der Waals surface area (Å²) in [4.78, 5) is 22.1. The van der Waals surface area contributed by atoms with Crippen LogP contribution in [0.15, 0.2) is 9.59 Å². The zero-order valence-corrected chi connectivity index (χ0v) is 7.88. The summed E-state index contributed by atoms with van der Waals surface area (Å²) >= 11 is 0. The Morgan fingerprint density at radius 2 is 1.93 bits per heavy atom. The number of rotatable bonds is 5. The van der Waals surface area contributed by atoms with E-state index in [4.69, 9.17) is 0 Å². The van der Waals surface area contributed by atoms with Gasteiger partial charge < -0.3 is 5.32 Å². The van der Waals surface area contributed by atoms with Crippen molar-refractivity contribution < 1.29 is 0 Å². The van der Waals surface area contributed by atoms with Crippen molar-refractivity contribution in [2.24, 2.45) is 0 Å². The molecule has 2 rings (SSSR count). The maximum absolute atomic E-state index is 11.0. The van der Waals surface area contributed by atoms with Crippen LogP contribution in [0.2, 0.25) is 0 Å². The topological polar surface area (TPSA) is 82.7 Å². The number of H-pyrrole nitrogens is 2. The van der Waals surface area contributed by atoms with Crippen molar-refractivity contribution in [2.75, 3.05) is 6.54 Å². The van der Waals surface area contributed by atoms with Crippen LogP contribution in [0.5, 0.6) is 0 Å². The molecule has 0 aromatic carbocycles. The van der Waals surface area contributed by atoms with Crippen LogP contribution < -0.4 is 16.7 Å². The minimum atomic E-state index is -0.360. The Morgan fingerprint density at radius 1 is 1.29 bits per heavy atom. The van der Waals surface area contributed by atoms with E-state index in [9.17, 15) is 9.59 Å². The fraction of sp³-hybridized carbons (Fsp3) is 0.750. The highest BCUT2D eigenvalue weighted by Crippen LogP contribution is 2.18.